The largest absolute Gasteiger partial charge is 0.317 e. The smallest absolute Gasteiger partial charge is 0.0284 e. The number of rotatable bonds is 0. The minimum absolute atomic E-state index is 0. The highest BCUT2D eigenvalue weighted by Crippen LogP contribution is 1.98. The van der Waals surface area contributed by atoms with Gasteiger partial charge in [0.2, 0.25) is 0 Å². The number of piperazine rings is 1. The second kappa shape index (κ2) is 33.1. The van der Waals surface area contributed by atoms with Crippen molar-refractivity contribution in [1.29, 1.82) is 0 Å². The van der Waals surface area contributed by atoms with Crippen LogP contribution in [0.5, 0.6) is 0 Å². The number of nitrogens with one attached hydrogen (secondary N) is 7. The van der Waals surface area contributed by atoms with Gasteiger partial charge in [0.05, 0.1) is 0 Å². The van der Waals surface area contributed by atoms with E-state index in [1.165, 1.54) is 156 Å². The highest BCUT2D eigenvalue weighted by Gasteiger charge is 2.07. The van der Waals surface area contributed by atoms with E-state index in [9.17, 15) is 4.21 Å². The number of likely N-dealkylation sites (N-methyl/N-ethyl adjacent to an activating group) is 1. The van der Waals surface area contributed by atoms with Gasteiger partial charge in [0.15, 0.2) is 0 Å². The van der Waals surface area contributed by atoms with Crippen LogP contribution in [-0.4, -0.2) is 138 Å². The molecule has 7 heterocycles. The first-order valence-electron chi connectivity index (χ1n) is 17.6. The van der Waals surface area contributed by atoms with Crippen LogP contribution < -0.4 is 37.2 Å². The lowest BCUT2D eigenvalue weighted by Crippen LogP contribution is -2.40. The Bertz CT molecular complexity index is 540. The summed E-state index contributed by atoms with van der Waals surface area (Å²) in [5, 5.41) is 22.6. The number of hydrogen-bond acceptors (Lipinski definition) is 9. The van der Waals surface area contributed by atoms with Gasteiger partial charge in [0, 0.05) is 50.8 Å². The van der Waals surface area contributed by atoms with Crippen molar-refractivity contribution in [2.24, 2.45) is 0 Å². The maximum atomic E-state index is 11.1. The molecule has 10 heteroatoms. The molecule has 9 nitrogen and oxygen atoms in total. The average Bonchev–Trinajstić information content (AvgIpc) is 3.62. The Morgan fingerprint density at radius 3 is 0.791 bits per heavy atom. The fraction of sp³-hybridized carbons (Fsp3) is 0.970. The highest BCUT2D eigenvalue weighted by atomic mass is 32.2. The van der Waals surface area contributed by atoms with Gasteiger partial charge in [-0.15, -0.1) is 0 Å². The molecule has 0 radical (unpaired) electrons. The summed E-state index contributed by atoms with van der Waals surface area (Å²) < 4.78 is 11.1. The standard InChI is InChI=1S/C5H12N2.C5H11NOS.3C5H11N.C4H9N.C3H7N.CH4/c1-7-4-2-6-3-5-7;1-8(7)4-2-6-3-5-8;3*1-2-4-6-5-3-1;1-2-4-5-3-1;1-2-4-3-1;/h6H,2-5H2,1H3;6H,1-5H2;3*6H,1-5H2;5H,1-4H2;4H,1-3H2;1H4. The van der Waals surface area contributed by atoms with E-state index in [4.69, 9.17) is 0 Å². The molecule has 7 aliphatic rings. The Hall–Kier alpha value is -0.300. The van der Waals surface area contributed by atoms with Gasteiger partial charge in [-0.25, -0.2) is 0 Å². The van der Waals surface area contributed by atoms with E-state index in [1.807, 2.05) is 0 Å². The third-order valence-electron chi connectivity index (χ3n) is 7.93. The summed E-state index contributed by atoms with van der Waals surface area (Å²) in [6.07, 6.45) is 16.8. The van der Waals surface area contributed by atoms with E-state index in [-0.39, 0.29) is 7.43 Å². The number of hydrogen-bond donors (Lipinski definition) is 7. The molecule has 43 heavy (non-hydrogen) atoms. The van der Waals surface area contributed by atoms with Gasteiger partial charge in [-0.1, -0.05) is 26.7 Å². The zero-order valence-corrected chi connectivity index (χ0v) is 28.5. The van der Waals surface area contributed by atoms with Crippen LogP contribution in [0.25, 0.3) is 0 Å². The predicted molar refractivity (Wildman–Crippen MR) is 195 cm³/mol. The third-order valence-corrected chi connectivity index (χ3v) is 9.82. The van der Waals surface area contributed by atoms with Crippen LogP contribution in [0, 0.1) is 0 Å². The third kappa shape index (κ3) is 32.9. The Morgan fingerprint density at radius 1 is 0.419 bits per heavy atom. The Morgan fingerprint density at radius 2 is 0.651 bits per heavy atom. The van der Waals surface area contributed by atoms with Gasteiger partial charge in [0.1, 0.15) is 0 Å². The Labute approximate surface area is 269 Å². The molecular formula is C33H76N8OS. The summed E-state index contributed by atoms with van der Waals surface area (Å²) in [5.74, 6) is 5.13. The first kappa shape index (κ1) is 42.7. The van der Waals surface area contributed by atoms with E-state index in [2.05, 4.69) is 55.0 Å². The van der Waals surface area contributed by atoms with Crippen LogP contribution in [0.2, 0.25) is 0 Å². The van der Waals surface area contributed by atoms with Gasteiger partial charge in [0.25, 0.3) is 0 Å². The fourth-order valence-corrected chi connectivity index (χ4v) is 5.96. The average molecular weight is 633 g/mol. The normalized spacial score (nSPS) is 24.3. The Kier molecular flexibility index (Phi) is 32.8. The first-order chi connectivity index (χ1) is 20.6. The molecule has 0 saturated carbocycles. The van der Waals surface area contributed by atoms with Crippen molar-refractivity contribution in [3.05, 3.63) is 0 Å². The summed E-state index contributed by atoms with van der Waals surface area (Å²) in [5.41, 5.74) is 0. The quantitative estimate of drug-likeness (QED) is 0.202. The van der Waals surface area contributed by atoms with E-state index < -0.39 is 9.52 Å². The lowest BCUT2D eigenvalue weighted by Gasteiger charge is -2.21. The maximum absolute atomic E-state index is 11.1. The van der Waals surface area contributed by atoms with E-state index in [1.54, 1.807) is 0 Å². The molecule has 0 aliphatic carbocycles. The van der Waals surface area contributed by atoms with Gasteiger partial charge in [-0.05, 0) is 146 Å². The summed E-state index contributed by atoms with van der Waals surface area (Å²) in [6.45, 7) is 19.0. The van der Waals surface area contributed by atoms with Crippen LogP contribution in [0.4, 0.5) is 0 Å². The predicted octanol–water partition coefficient (Wildman–Crippen LogP) is 2.09. The van der Waals surface area contributed by atoms with Crippen molar-refractivity contribution in [3.63, 3.8) is 0 Å². The molecule has 0 aromatic heterocycles. The molecule has 0 amide bonds. The van der Waals surface area contributed by atoms with Crippen LogP contribution in [-0.2, 0) is 9.52 Å². The van der Waals surface area contributed by atoms with Crippen LogP contribution in [0.3, 0.4) is 0 Å². The molecule has 0 bridgehead atoms. The molecule has 0 aromatic rings. The molecule has 7 N–H and O–H groups in total. The van der Waals surface area contributed by atoms with Crippen molar-refractivity contribution in [3.8, 4) is 0 Å². The summed E-state index contributed by atoms with van der Waals surface area (Å²) in [6, 6.07) is 0. The van der Waals surface area contributed by atoms with Gasteiger partial charge < -0.3 is 42.1 Å². The Balaban J connectivity index is 0.000000480. The molecule has 7 rings (SSSR count). The first-order valence-corrected chi connectivity index (χ1v) is 19.6. The van der Waals surface area contributed by atoms with Gasteiger partial charge in [-0.2, -0.15) is 0 Å². The fourth-order valence-electron chi connectivity index (χ4n) is 4.73. The second-order valence-electron chi connectivity index (χ2n) is 12.2. The highest BCUT2D eigenvalue weighted by molar-refractivity contribution is 8.00. The summed E-state index contributed by atoms with van der Waals surface area (Å²) in [4.78, 5) is 2.33. The molecular weight excluding hydrogens is 556 g/mol. The van der Waals surface area contributed by atoms with Crippen molar-refractivity contribution in [1.82, 2.24) is 42.1 Å². The minimum atomic E-state index is -1.65. The van der Waals surface area contributed by atoms with Crippen molar-refractivity contribution >= 4 is 15.4 Å². The van der Waals surface area contributed by atoms with E-state index in [0.717, 1.165) is 37.7 Å². The second-order valence-corrected chi connectivity index (χ2v) is 14.9. The van der Waals surface area contributed by atoms with Crippen LogP contribution in [0.15, 0.2) is 0 Å². The zero-order valence-electron chi connectivity index (χ0n) is 27.7. The van der Waals surface area contributed by atoms with E-state index in [0.29, 0.717) is 0 Å². The van der Waals surface area contributed by atoms with Crippen LogP contribution in [0.1, 0.15) is 84.5 Å². The zero-order chi connectivity index (χ0) is 30.2. The SMILES string of the molecule is C.C1CCNC1.C1CCNCC1.C1CCNCC1.C1CCNCC1.C1CNC1.C=S1(=O)CCNCC1.CN1CCNCC1. The lowest BCUT2D eigenvalue weighted by atomic mass is 10.2. The molecule has 260 valence electrons. The molecule has 0 atom stereocenters. The van der Waals surface area contributed by atoms with Crippen molar-refractivity contribution in [2.75, 3.05) is 123 Å². The van der Waals surface area contributed by atoms with Gasteiger partial charge >= 0.3 is 0 Å². The molecule has 7 aliphatic heterocycles. The van der Waals surface area contributed by atoms with Crippen molar-refractivity contribution < 1.29 is 4.21 Å². The number of nitrogens with zero attached hydrogens (tertiary/aromatic N) is 1. The molecule has 0 unspecified atom stereocenters. The molecule has 0 aromatic carbocycles. The van der Waals surface area contributed by atoms with Crippen molar-refractivity contribution in [2.45, 2.75) is 84.5 Å². The minimum Gasteiger partial charge on any atom is -0.317 e. The molecule has 7 saturated heterocycles. The van der Waals surface area contributed by atoms with Crippen LogP contribution >= 0.6 is 0 Å². The lowest BCUT2D eigenvalue weighted by molar-refractivity contribution is 0.291. The number of piperidine rings is 3. The summed E-state index contributed by atoms with van der Waals surface area (Å²) >= 11 is 0. The monoisotopic (exact) mass is 633 g/mol. The summed E-state index contributed by atoms with van der Waals surface area (Å²) in [7, 11) is 0.508. The molecule has 0 spiro atoms. The van der Waals surface area contributed by atoms with Gasteiger partial charge in [-0.3, -0.25) is 4.21 Å². The topological polar surface area (TPSA) is 105 Å². The van der Waals surface area contributed by atoms with E-state index >= 15 is 0 Å². The molecule has 7 fully saturated rings. The maximum Gasteiger partial charge on any atom is 0.0284 e.